The Kier molecular flexibility index (Phi) is 5.27. The maximum Gasteiger partial charge on any atom is 0.414 e. The van der Waals surface area contributed by atoms with Crippen LogP contribution < -0.4 is 5.32 Å². The molecular weight excluding hydrogens is 282 g/mol. The Morgan fingerprint density at radius 1 is 0.909 bits per heavy atom. The summed E-state index contributed by atoms with van der Waals surface area (Å²) in [5.74, 6) is -3.65. The van der Waals surface area contributed by atoms with Gasteiger partial charge in [-0.25, -0.2) is 9.59 Å². The molecule has 1 atom stereocenters. The van der Waals surface area contributed by atoms with Gasteiger partial charge in [0, 0.05) is 6.54 Å². The fraction of sp³-hybridized carbons (Fsp3) is 0.176. The Morgan fingerprint density at radius 3 is 2.14 bits per heavy atom. The third-order valence-electron chi connectivity index (χ3n) is 3.42. The summed E-state index contributed by atoms with van der Waals surface area (Å²) in [5.41, 5.74) is 4.27. The van der Waals surface area contributed by atoms with Crippen molar-refractivity contribution in [1.82, 2.24) is 5.32 Å². The van der Waals surface area contributed by atoms with E-state index in [9.17, 15) is 0 Å². The number of carboxylic acids is 2. The van der Waals surface area contributed by atoms with Crippen LogP contribution in [-0.2, 0) is 16.0 Å². The molecule has 0 saturated heterocycles. The molecule has 0 bridgehead atoms. The first kappa shape index (κ1) is 15.7. The SMILES string of the molecule is O=C(O)C(=O)O.c1ccc(C2NCCc3ccccc32)cc1. The van der Waals surface area contributed by atoms with Gasteiger partial charge >= 0.3 is 11.9 Å². The van der Waals surface area contributed by atoms with Crippen LogP contribution in [0.4, 0.5) is 0 Å². The van der Waals surface area contributed by atoms with Crippen molar-refractivity contribution in [2.24, 2.45) is 0 Å². The lowest BCUT2D eigenvalue weighted by molar-refractivity contribution is -0.159. The summed E-state index contributed by atoms with van der Waals surface area (Å²) in [7, 11) is 0. The summed E-state index contributed by atoms with van der Waals surface area (Å²) in [6.07, 6.45) is 1.14. The molecule has 0 radical (unpaired) electrons. The molecule has 114 valence electrons. The number of aliphatic carboxylic acids is 2. The average Bonchev–Trinajstić information content (AvgIpc) is 2.55. The van der Waals surface area contributed by atoms with E-state index in [1.807, 2.05) is 0 Å². The van der Waals surface area contributed by atoms with Gasteiger partial charge < -0.3 is 15.5 Å². The third kappa shape index (κ3) is 3.93. The molecule has 1 aliphatic rings. The smallest absolute Gasteiger partial charge is 0.414 e. The second-order valence-electron chi connectivity index (χ2n) is 4.86. The largest absolute Gasteiger partial charge is 0.473 e. The topological polar surface area (TPSA) is 86.6 Å². The van der Waals surface area contributed by atoms with Gasteiger partial charge in [0.25, 0.3) is 0 Å². The number of rotatable bonds is 1. The minimum atomic E-state index is -1.82. The van der Waals surface area contributed by atoms with Crippen LogP contribution in [0.25, 0.3) is 0 Å². The van der Waals surface area contributed by atoms with Gasteiger partial charge in [0.1, 0.15) is 0 Å². The summed E-state index contributed by atoms with van der Waals surface area (Å²) < 4.78 is 0. The molecular formula is C17H17NO4. The van der Waals surface area contributed by atoms with Crippen LogP contribution in [0.15, 0.2) is 54.6 Å². The third-order valence-corrected chi connectivity index (χ3v) is 3.42. The predicted molar refractivity (Wildman–Crippen MR) is 81.7 cm³/mol. The highest BCUT2D eigenvalue weighted by Gasteiger charge is 2.19. The Labute approximate surface area is 128 Å². The Hall–Kier alpha value is -2.66. The van der Waals surface area contributed by atoms with E-state index in [1.54, 1.807) is 0 Å². The summed E-state index contributed by atoms with van der Waals surface area (Å²) in [5, 5.41) is 18.4. The molecule has 2 aromatic carbocycles. The normalized spacial score (nSPS) is 15.9. The molecule has 0 amide bonds. The van der Waals surface area contributed by atoms with Crippen LogP contribution in [0.2, 0.25) is 0 Å². The van der Waals surface area contributed by atoms with Crippen molar-refractivity contribution in [2.75, 3.05) is 6.54 Å². The maximum absolute atomic E-state index is 9.10. The molecule has 3 N–H and O–H groups in total. The highest BCUT2D eigenvalue weighted by molar-refractivity contribution is 6.27. The number of hydrogen-bond donors (Lipinski definition) is 3. The van der Waals surface area contributed by atoms with Crippen molar-refractivity contribution in [2.45, 2.75) is 12.5 Å². The lowest BCUT2D eigenvalue weighted by Crippen LogP contribution is -2.30. The van der Waals surface area contributed by atoms with E-state index in [4.69, 9.17) is 19.8 Å². The molecule has 1 aliphatic heterocycles. The standard InChI is InChI=1S/C15H15N.C2H2O4/c1-2-7-13(8-3-1)15-14-9-5-4-6-12(14)10-11-16-15;3-1(4)2(5)6/h1-9,15-16H,10-11H2;(H,3,4)(H,5,6). The second-order valence-corrected chi connectivity index (χ2v) is 4.86. The van der Waals surface area contributed by atoms with Crippen molar-refractivity contribution in [3.05, 3.63) is 71.3 Å². The fourth-order valence-electron chi connectivity index (χ4n) is 2.45. The average molecular weight is 299 g/mol. The molecule has 0 aromatic heterocycles. The molecule has 5 heteroatoms. The second kappa shape index (κ2) is 7.38. The molecule has 0 saturated carbocycles. The van der Waals surface area contributed by atoms with Gasteiger partial charge in [-0.2, -0.15) is 0 Å². The van der Waals surface area contributed by atoms with Crippen molar-refractivity contribution in [3.63, 3.8) is 0 Å². The predicted octanol–water partition coefficient (Wildman–Crippen LogP) is 2.08. The van der Waals surface area contributed by atoms with Crippen molar-refractivity contribution < 1.29 is 19.8 Å². The quantitative estimate of drug-likeness (QED) is 0.702. The molecule has 2 aromatic rings. The van der Waals surface area contributed by atoms with Crippen LogP contribution in [0.5, 0.6) is 0 Å². The van der Waals surface area contributed by atoms with Gasteiger partial charge in [-0.3, -0.25) is 0 Å². The first-order valence-corrected chi connectivity index (χ1v) is 6.92. The molecule has 1 unspecified atom stereocenters. The summed E-state index contributed by atoms with van der Waals surface area (Å²) in [4.78, 5) is 18.2. The maximum atomic E-state index is 9.10. The van der Waals surface area contributed by atoms with E-state index in [2.05, 4.69) is 59.9 Å². The van der Waals surface area contributed by atoms with Gasteiger partial charge in [-0.05, 0) is 23.1 Å². The fourth-order valence-corrected chi connectivity index (χ4v) is 2.45. The van der Waals surface area contributed by atoms with Gasteiger partial charge in [-0.15, -0.1) is 0 Å². The summed E-state index contributed by atoms with van der Waals surface area (Å²) >= 11 is 0. The zero-order valence-electron chi connectivity index (χ0n) is 11.9. The molecule has 22 heavy (non-hydrogen) atoms. The van der Waals surface area contributed by atoms with Crippen molar-refractivity contribution in [1.29, 1.82) is 0 Å². The summed E-state index contributed by atoms with van der Waals surface area (Å²) in [6.45, 7) is 1.07. The van der Waals surface area contributed by atoms with Crippen molar-refractivity contribution >= 4 is 11.9 Å². The monoisotopic (exact) mass is 299 g/mol. The number of nitrogens with one attached hydrogen (secondary N) is 1. The van der Waals surface area contributed by atoms with Crippen LogP contribution in [0.3, 0.4) is 0 Å². The molecule has 0 fully saturated rings. The van der Waals surface area contributed by atoms with Crippen molar-refractivity contribution in [3.8, 4) is 0 Å². The van der Waals surface area contributed by atoms with E-state index in [0.717, 1.165) is 13.0 Å². The molecule has 0 aliphatic carbocycles. The van der Waals surface area contributed by atoms with Gasteiger partial charge in [-0.1, -0.05) is 54.6 Å². The highest BCUT2D eigenvalue weighted by atomic mass is 16.4. The van der Waals surface area contributed by atoms with E-state index in [0.29, 0.717) is 6.04 Å². The van der Waals surface area contributed by atoms with Gasteiger partial charge in [0.15, 0.2) is 0 Å². The zero-order valence-corrected chi connectivity index (χ0v) is 11.9. The number of benzene rings is 2. The van der Waals surface area contributed by atoms with Crippen LogP contribution in [0.1, 0.15) is 22.7 Å². The van der Waals surface area contributed by atoms with Crippen LogP contribution >= 0.6 is 0 Å². The first-order valence-electron chi connectivity index (χ1n) is 6.92. The van der Waals surface area contributed by atoms with Crippen LogP contribution in [-0.4, -0.2) is 28.7 Å². The molecule has 3 rings (SSSR count). The number of carbonyl (C=O) groups is 2. The summed E-state index contributed by atoms with van der Waals surface area (Å²) in [6, 6.07) is 19.8. The number of carboxylic acid groups (broad SMARTS) is 2. The molecule has 0 spiro atoms. The van der Waals surface area contributed by atoms with Crippen LogP contribution in [0, 0.1) is 0 Å². The van der Waals surface area contributed by atoms with E-state index < -0.39 is 11.9 Å². The molecule has 1 heterocycles. The number of fused-ring (bicyclic) bond motifs is 1. The van der Waals surface area contributed by atoms with Gasteiger partial charge in [0.2, 0.25) is 0 Å². The zero-order chi connectivity index (χ0) is 15.9. The molecule has 5 nitrogen and oxygen atoms in total. The van der Waals surface area contributed by atoms with E-state index in [-0.39, 0.29) is 0 Å². The Morgan fingerprint density at radius 2 is 1.50 bits per heavy atom. The Balaban J connectivity index is 0.000000254. The number of hydrogen-bond acceptors (Lipinski definition) is 3. The van der Waals surface area contributed by atoms with E-state index >= 15 is 0 Å². The van der Waals surface area contributed by atoms with Gasteiger partial charge in [0.05, 0.1) is 6.04 Å². The lowest BCUT2D eigenvalue weighted by Gasteiger charge is -2.27. The lowest BCUT2D eigenvalue weighted by atomic mass is 9.90. The minimum Gasteiger partial charge on any atom is -0.473 e. The van der Waals surface area contributed by atoms with E-state index in [1.165, 1.54) is 16.7 Å². The first-order chi connectivity index (χ1) is 10.6. The highest BCUT2D eigenvalue weighted by Crippen LogP contribution is 2.27. The Bertz CT molecular complexity index is 643. The minimum absolute atomic E-state index is 0.367.